The molecule has 0 N–H and O–H groups in total. The Morgan fingerprint density at radius 1 is 1.08 bits per heavy atom. The van der Waals surface area contributed by atoms with Gasteiger partial charge in [-0.1, -0.05) is 35.5 Å². The molecule has 0 unspecified atom stereocenters. The first-order valence-corrected chi connectivity index (χ1v) is 8.10. The Morgan fingerprint density at radius 3 is 2.58 bits per heavy atom. The number of aromatic nitrogens is 3. The van der Waals surface area contributed by atoms with Gasteiger partial charge in [0, 0.05) is 23.5 Å². The largest absolute Gasteiger partial charge is 0.361 e. The lowest BCUT2D eigenvalue weighted by molar-refractivity contribution is 0.393. The zero-order chi connectivity index (χ0) is 16.7. The highest BCUT2D eigenvalue weighted by atomic mass is 16.5. The van der Waals surface area contributed by atoms with Crippen molar-refractivity contribution in [1.29, 1.82) is 0 Å². The van der Waals surface area contributed by atoms with Crippen molar-refractivity contribution in [3.63, 3.8) is 0 Å². The van der Waals surface area contributed by atoms with Gasteiger partial charge in [0.25, 0.3) is 0 Å². The lowest BCUT2D eigenvalue weighted by Crippen LogP contribution is -2.05. The van der Waals surface area contributed by atoms with E-state index in [4.69, 9.17) is 4.52 Å². The van der Waals surface area contributed by atoms with E-state index in [0.717, 1.165) is 33.6 Å². The normalized spacial score (nSPS) is 12.6. The van der Waals surface area contributed by atoms with Crippen LogP contribution < -0.4 is 0 Å². The van der Waals surface area contributed by atoms with Crippen LogP contribution in [0.3, 0.4) is 0 Å². The molecule has 24 heavy (non-hydrogen) atoms. The number of benzene rings is 1. The van der Waals surface area contributed by atoms with Crippen molar-refractivity contribution < 1.29 is 4.52 Å². The molecule has 0 bridgehead atoms. The summed E-state index contributed by atoms with van der Waals surface area (Å²) < 4.78 is 7.57. The minimum atomic E-state index is 0.241. The van der Waals surface area contributed by atoms with E-state index in [1.807, 2.05) is 26.1 Å². The first-order chi connectivity index (χ1) is 11.6. The van der Waals surface area contributed by atoms with Crippen molar-refractivity contribution in [3.8, 4) is 11.1 Å². The summed E-state index contributed by atoms with van der Waals surface area (Å²) in [4.78, 5) is 4.63. The van der Waals surface area contributed by atoms with Crippen LogP contribution in [0.4, 0.5) is 0 Å². The molecule has 0 amide bonds. The van der Waals surface area contributed by atoms with Crippen molar-refractivity contribution in [2.75, 3.05) is 0 Å². The molecule has 4 aromatic rings. The second-order valence-corrected chi connectivity index (χ2v) is 6.14. The van der Waals surface area contributed by atoms with Crippen LogP contribution in [-0.2, 0) is 0 Å². The van der Waals surface area contributed by atoms with Crippen LogP contribution in [0.1, 0.15) is 30.0 Å². The van der Waals surface area contributed by atoms with Gasteiger partial charge in [0.15, 0.2) is 0 Å². The summed E-state index contributed by atoms with van der Waals surface area (Å²) in [5, 5.41) is 4.06. The van der Waals surface area contributed by atoms with Gasteiger partial charge in [0.2, 0.25) is 0 Å². The van der Waals surface area contributed by atoms with E-state index < -0.39 is 0 Å². The minimum absolute atomic E-state index is 0.241. The molecule has 0 radical (unpaired) electrons. The maximum Gasteiger partial charge on any atom is 0.141 e. The van der Waals surface area contributed by atoms with Crippen molar-refractivity contribution in [3.05, 3.63) is 71.9 Å². The van der Waals surface area contributed by atoms with Gasteiger partial charge < -0.3 is 9.09 Å². The highest BCUT2D eigenvalue weighted by Crippen LogP contribution is 2.30. The Morgan fingerprint density at radius 2 is 1.88 bits per heavy atom. The van der Waals surface area contributed by atoms with Gasteiger partial charge in [-0.25, -0.2) is 0 Å². The lowest BCUT2D eigenvalue weighted by atomic mass is 10.1. The molecule has 4 heteroatoms. The summed E-state index contributed by atoms with van der Waals surface area (Å²) in [6.07, 6.45) is 4.00. The van der Waals surface area contributed by atoms with Gasteiger partial charge in [-0.3, -0.25) is 4.98 Å². The highest BCUT2D eigenvalue weighted by molar-refractivity contribution is 5.82. The van der Waals surface area contributed by atoms with Crippen LogP contribution in [0, 0.1) is 13.8 Å². The third-order valence-corrected chi connectivity index (χ3v) is 4.59. The number of fused-ring (bicyclic) bond motifs is 1. The first-order valence-electron chi connectivity index (χ1n) is 8.10. The molecular formula is C20H19N3O. The summed E-state index contributed by atoms with van der Waals surface area (Å²) in [5.41, 5.74) is 6.35. The van der Waals surface area contributed by atoms with E-state index in [2.05, 4.69) is 64.2 Å². The number of aryl methyl sites for hydroxylation is 2. The molecule has 120 valence electrons. The second-order valence-electron chi connectivity index (χ2n) is 6.14. The number of pyridine rings is 1. The summed E-state index contributed by atoms with van der Waals surface area (Å²) in [6, 6.07) is 15.0. The van der Waals surface area contributed by atoms with Crippen LogP contribution >= 0.6 is 0 Å². The van der Waals surface area contributed by atoms with Gasteiger partial charge in [0.05, 0.1) is 22.8 Å². The Kier molecular flexibility index (Phi) is 3.45. The molecule has 0 saturated carbocycles. The SMILES string of the molecule is Cc1noc(C)c1-c1cnc2ccn([C@H](C)c3ccccc3)c2c1. The number of nitrogens with zero attached hydrogens (tertiary/aromatic N) is 3. The highest BCUT2D eigenvalue weighted by Gasteiger charge is 2.15. The minimum Gasteiger partial charge on any atom is -0.361 e. The van der Waals surface area contributed by atoms with Crippen molar-refractivity contribution in [2.45, 2.75) is 26.8 Å². The zero-order valence-electron chi connectivity index (χ0n) is 14.0. The van der Waals surface area contributed by atoms with Gasteiger partial charge in [-0.05, 0) is 38.5 Å². The molecule has 0 saturated heterocycles. The standard InChI is InChI=1S/C20H19N3O/c1-13-20(15(3)24-22-13)17-11-19-18(21-12-17)9-10-23(19)14(2)16-7-5-4-6-8-16/h4-12,14H,1-3H3/t14-/m1/s1. The maximum atomic E-state index is 5.31. The average Bonchev–Trinajstić information content (AvgIpc) is 3.17. The van der Waals surface area contributed by atoms with Gasteiger partial charge in [0.1, 0.15) is 5.76 Å². The van der Waals surface area contributed by atoms with Crippen LogP contribution in [0.25, 0.3) is 22.2 Å². The predicted molar refractivity (Wildman–Crippen MR) is 95.0 cm³/mol. The van der Waals surface area contributed by atoms with E-state index in [1.165, 1.54) is 5.56 Å². The molecule has 1 aromatic carbocycles. The quantitative estimate of drug-likeness (QED) is 0.539. The van der Waals surface area contributed by atoms with Crippen molar-refractivity contribution >= 4 is 11.0 Å². The Balaban J connectivity index is 1.85. The van der Waals surface area contributed by atoms with E-state index >= 15 is 0 Å². The molecule has 3 heterocycles. The van der Waals surface area contributed by atoms with E-state index in [9.17, 15) is 0 Å². The number of hydrogen-bond acceptors (Lipinski definition) is 3. The molecule has 0 aliphatic heterocycles. The molecule has 1 atom stereocenters. The molecular weight excluding hydrogens is 298 g/mol. The van der Waals surface area contributed by atoms with Crippen molar-refractivity contribution in [1.82, 2.24) is 14.7 Å². The number of rotatable bonds is 3. The second kappa shape index (κ2) is 5.64. The van der Waals surface area contributed by atoms with E-state index in [-0.39, 0.29) is 6.04 Å². The average molecular weight is 317 g/mol. The van der Waals surface area contributed by atoms with Gasteiger partial charge in [-0.2, -0.15) is 0 Å². The van der Waals surface area contributed by atoms with Crippen LogP contribution in [0.2, 0.25) is 0 Å². The van der Waals surface area contributed by atoms with Gasteiger partial charge in [-0.15, -0.1) is 0 Å². The van der Waals surface area contributed by atoms with Crippen molar-refractivity contribution in [2.24, 2.45) is 0 Å². The monoisotopic (exact) mass is 317 g/mol. The van der Waals surface area contributed by atoms with Crippen LogP contribution in [0.15, 0.2) is 59.4 Å². The fourth-order valence-corrected chi connectivity index (χ4v) is 3.29. The third kappa shape index (κ3) is 2.31. The summed E-state index contributed by atoms with van der Waals surface area (Å²) in [5.74, 6) is 0.822. The maximum absolute atomic E-state index is 5.31. The fourth-order valence-electron chi connectivity index (χ4n) is 3.29. The molecule has 0 aliphatic rings. The van der Waals surface area contributed by atoms with E-state index in [0.29, 0.717) is 0 Å². The Hall–Kier alpha value is -2.88. The lowest BCUT2D eigenvalue weighted by Gasteiger charge is -2.16. The van der Waals surface area contributed by atoms with Gasteiger partial charge >= 0.3 is 0 Å². The zero-order valence-corrected chi connectivity index (χ0v) is 14.0. The van der Waals surface area contributed by atoms with E-state index in [1.54, 1.807) is 0 Å². The Labute approximate surface area is 140 Å². The summed E-state index contributed by atoms with van der Waals surface area (Å²) >= 11 is 0. The first kappa shape index (κ1) is 14.7. The number of hydrogen-bond donors (Lipinski definition) is 0. The predicted octanol–water partition coefficient (Wildman–Crippen LogP) is 4.92. The molecule has 0 spiro atoms. The van der Waals surface area contributed by atoms with Crippen LogP contribution in [-0.4, -0.2) is 14.7 Å². The third-order valence-electron chi connectivity index (χ3n) is 4.59. The molecule has 0 fully saturated rings. The molecule has 4 nitrogen and oxygen atoms in total. The van der Waals surface area contributed by atoms with Crippen LogP contribution in [0.5, 0.6) is 0 Å². The summed E-state index contributed by atoms with van der Waals surface area (Å²) in [7, 11) is 0. The topological polar surface area (TPSA) is 43.9 Å². The summed E-state index contributed by atoms with van der Waals surface area (Å²) in [6.45, 7) is 6.10. The molecule has 0 aliphatic carbocycles. The smallest absolute Gasteiger partial charge is 0.141 e. The Bertz CT molecular complexity index is 979. The molecule has 3 aromatic heterocycles. The fraction of sp³-hybridized carbons (Fsp3) is 0.200. The molecule has 4 rings (SSSR count).